The molecule has 1 heterocycles. The van der Waals surface area contributed by atoms with Crippen LogP contribution in [0.15, 0.2) is 0 Å². The van der Waals surface area contributed by atoms with Gasteiger partial charge in [0.15, 0.2) is 0 Å². The number of aliphatic hydroxyl groups is 2. The van der Waals surface area contributed by atoms with E-state index in [2.05, 4.69) is 0 Å². The van der Waals surface area contributed by atoms with Gasteiger partial charge in [-0.25, -0.2) is 0 Å². The van der Waals surface area contributed by atoms with Crippen molar-refractivity contribution in [1.82, 2.24) is 9.80 Å². The average molecular weight is 490 g/mol. The van der Waals surface area contributed by atoms with Crippen molar-refractivity contribution in [3.8, 4) is 0 Å². The topological polar surface area (TPSA) is 163 Å². The van der Waals surface area contributed by atoms with Crippen LogP contribution in [0.1, 0.15) is 52.9 Å². The van der Waals surface area contributed by atoms with Crippen LogP contribution in [-0.4, -0.2) is 113 Å². The smallest absolute Gasteiger partial charge is 0.320 e. The van der Waals surface area contributed by atoms with E-state index in [9.17, 15) is 24.6 Å². The molecular weight excluding hydrogens is 446 g/mol. The molecule has 198 valence electrons. The van der Waals surface area contributed by atoms with Crippen LogP contribution in [0.5, 0.6) is 0 Å². The number of carbonyl (C=O) groups is 3. The molecule has 1 aliphatic heterocycles. The highest BCUT2D eigenvalue weighted by Crippen LogP contribution is 2.13. The number of nitrogens with zero attached hydrogens (tertiary/aromatic N) is 2. The molecule has 0 aromatic rings. The highest BCUT2D eigenvalue weighted by Gasteiger charge is 2.30. The van der Waals surface area contributed by atoms with Gasteiger partial charge in [-0.2, -0.15) is 0 Å². The third-order valence-electron chi connectivity index (χ3n) is 5.88. The van der Waals surface area contributed by atoms with Crippen LogP contribution < -0.4 is 5.73 Å². The largest absolute Gasteiger partial charge is 0.480 e. The zero-order chi connectivity index (χ0) is 25.7. The van der Waals surface area contributed by atoms with E-state index in [1.165, 1.54) is 11.8 Å². The van der Waals surface area contributed by atoms with E-state index in [1.54, 1.807) is 4.90 Å². The van der Waals surface area contributed by atoms with Gasteiger partial charge in [0.25, 0.3) is 0 Å². The number of hydrogen-bond acceptors (Lipinski definition) is 8. The Hall–Kier alpha value is -1.79. The second-order valence-electron chi connectivity index (χ2n) is 9.26. The van der Waals surface area contributed by atoms with E-state index in [4.69, 9.17) is 20.3 Å². The molecule has 34 heavy (non-hydrogen) atoms. The number of amides is 2. The number of aliphatic carboxylic acids is 1. The molecule has 2 amide bonds. The number of ether oxygens (including phenoxy) is 2. The first kappa shape index (κ1) is 30.2. The fourth-order valence-electron chi connectivity index (χ4n) is 3.53. The zero-order valence-electron chi connectivity index (χ0n) is 20.7. The Kier molecular flexibility index (Phi) is 14.2. The number of carboxylic acid groups (broad SMARTS) is 1. The van der Waals surface area contributed by atoms with Crippen molar-refractivity contribution < 1.29 is 39.2 Å². The van der Waals surface area contributed by atoms with E-state index in [0.717, 1.165) is 6.42 Å². The summed E-state index contributed by atoms with van der Waals surface area (Å²) in [6.45, 7) is 7.10. The molecule has 0 radical (unpaired) electrons. The number of rotatable bonds is 8. The Morgan fingerprint density at radius 3 is 2.38 bits per heavy atom. The monoisotopic (exact) mass is 489 g/mol. The van der Waals surface area contributed by atoms with E-state index >= 15 is 0 Å². The lowest BCUT2D eigenvalue weighted by molar-refractivity contribution is -0.142. The van der Waals surface area contributed by atoms with Crippen LogP contribution in [0, 0.1) is 5.92 Å². The standard InChI is InChI=1S/C23H43N3O8/c1-16(2)8-13-34-20-14-26(17(3)27)11-10-25(21(29)7-6-18(24)23(31)32)9-4-5-12-33-15-19(28)22(20)30/h16,18-20,22,28,30H,4-15,24H2,1-3H3,(H,31,32)/t18-,19-,20-,22-/m1/s1. The average Bonchev–Trinajstić information content (AvgIpc) is 2.77. The van der Waals surface area contributed by atoms with Gasteiger partial charge >= 0.3 is 5.97 Å². The van der Waals surface area contributed by atoms with Gasteiger partial charge in [0, 0.05) is 52.7 Å². The lowest BCUT2D eigenvalue weighted by atomic mass is 10.1. The van der Waals surface area contributed by atoms with E-state index < -0.39 is 30.3 Å². The van der Waals surface area contributed by atoms with Crippen LogP contribution in [0.2, 0.25) is 0 Å². The van der Waals surface area contributed by atoms with Crippen molar-refractivity contribution in [1.29, 1.82) is 0 Å². The Morgan fingerprint density at radius 1 is 1.09 bits per heavy atom. The lowest BCUT2D eigenvalue weighted by Gasteiger charge is -2.34. The van der Waals surface area contributed by atoms with Crippen LogP contribution in [-0.2, 0) is 23.9 Å². The van der Waals surface area contributed by atoms with Crippen LogP contribution >= 0.6 is 0 Å². The molecule has 0 aromatic carbocycles. The molecule has 0 bridgehead atoms. The molecule has 0 aliphatic carbocycles. The Morgan fingerprint density at radius 2 is 1.76 bits per heavy atom. The summed E-state index contributed by atoms with van der Waals surface area (Å²) >= 11 is 0. The van der Waals surface area contributed by atoms with Crippen molar-refractivity contribution >= 4 is 17.8 Å². The summed E-state index contributed by atoms with van der Waals surface area (Å²) in [6.07, 6.45) is -1.17. The summed E-state index contributed by atoms with van der Waals surface area (Å²) in [6, 6.07) is -1.11. The Bertz CT molecular complexity index is 633. The van der Waals surface area contributed by atoms with E-state index in [-0.39, 0.29) is 50.9 Å². The van der Waals surface area contributed by atoms with E-state index in [0.29, 0.717) is 38.5 Å². The minimum Gasteiger partial charge on any atom is -0.480 e. The first-order chi connectivity index (χ1) is 16.0. The minimum absolute atomic E-state index is 0.00408. The van der Waals surface area contributed by atoms with Crippen LogP contribution in [0.25, 0.3) is 0 Å². The third-order valence-corrected chi connectivity index (χ3v) is 5.88. The van der Waals surface area contributed by atoms with Crippen molar-refractivity contribution in [3.05, 3.63) is 0 Å². The fourth-order valence-corrected chi connectivity index (χ4v) is 3.53. The van der Waals surface area contributed by atoms with Gasteiger partial charge in [-0.3, -0.25) is 14.4 Å². The molecule has 0 saturated carbocycles. The summed E-state index contributed by atoms with van der Waals surface area (Å²) in [5.74, 6) is -1.24. The SMILES string of the molecule is CC(=O)N1CCN(C(=O)CC[C@@H](N)C(=O)O)CCCCOC[C@@H](O)[C@@H](O)[C@H](OCCC(C)C)C1. The number of hydrogen-bond donors (Lipinski definition) is 4. The summed E-state index contributed by atoms with van der Waals surface area (Å²) in [7, 11) is 0. The molecule has 1 aliphatic rings. The molecule has 1 saturated heterocycles. The normalized spacial score (nSPS) is 24.5. The van der Waals surface area contributed by atoms with Gasteiger partial charge in [0.1, 0.15) is 24.4 Å². The predicted molar refractivity (Wildman–Crippen MR) is 125 cm³/mol. The lowest BCUT2D eigenvalue weighted by Crippen LogP contribution is -2.50. The predicted octanol–water partition coefficient (Wildman–Crippen LogP) is -0.181. The third kappa shape index (κ3) is 11.6. The second-order valence-corrected chi connectivity index (χ2v) is 9.26. The van der Waals surface area contributed by atoms with Crippen molar-refractivity contribution in [2.45, 2.75) is 77.2 Å². The van der Waals surface area contributed by atoms with Crippen molar-refractivity contribution in [3.63, 3.8) is 0 Å². The van der Waals surface area contributed by atoms with Gasteiger partial charge in [0.05, 0.1) is 6.61 Å². The highest BCUT2D eigenvalue weighted by atomic mass is 16.5. The van der Waals surface area contributed by atoms with E-state index in [1.807, 2.05) is 13.8 Å². The van der Waals surface area contributed by atoms with Crippen LogP contribution in [0.3, 0.4) is 0 Å². The van der Waals surface area contributed by atoms with Crippen LogP contribution in [0.4, 0.5) is 0 Å². The van der Waals surface area contributed by atoms with Gasteiger partial charge < -0.3 is 40.3 Å². The van der Waals surface area contributed by atoms with Gasteiger partial charge in [0.2, 0.25) is 11.8 Å². The Balaban J connectivity index is 2.94. The molecule has 0 aromatic heterocycles. The molecule has 0 spiro atoms. The fraction of sp³-hybridized carbons (Fsp3) is 0.870. The second kappa shape index (κ2) is 16.0. The molecule has 11 heteroatoms. The molecular formula is C23H43N3O8. The molecule has 1 fully saturated rings. The van der Waals surface area contributed by atoms with Crippen molar-refractivity contribution in [2.24, 2.45) is 11.7 Å². The molecule has 5 N–H and O–H groups in total. The number of aliphatic hydroxyl groups excluding tert-OH is 2. The van der Waals surface area contributed by atoms with Gasteiger partial charge in [-0.15, -0.1) is 0 Å². The summed E-state index contributed by atoms with van der Waals surface area (Å²) in [5, 5.41) is 30.0. The molecule has 1 rings (SSSR count). The number of nitrogens with two attached hydrogens (primary N) is 1. The molecule has 4 atom stereocenters. The summed E-state index contributed by atoms with van der Waals surface area (Å²) < 4.78 is 11.4. The summed E-state index contributed by atoms with van der Waals surface area (Å²) in [4.78, 5) is 39.1. The van der Waals surface area contributed by atoms with Gasteiger partial charge in [-0.1, -0.05) is 13.8 Å². The molecule has 11 nitrogen and oxygen atoms in total. The maximum Gasteiger partial charge on any atom is 0.320 e. The first-order valence-electron chi connectivity index (χ1n) is 12.1. The summed E-state index contributed by atoms with van der Waals surface area (Å²) in [5.41, 5.74) is 5.53. The highest BCUT2D eigenvalue weighted by molar-refractivity contribution is 5.78. The van der Waals surface area contributed by atoms with Gasteiger partial charge in [-0.05, 0) is 31.6 Å². The van der Waals surface area contributed by atoms with Crippen molar-refractivity contribution in [2.75, 3.05) is 46.0 Å². The zero-order valence-corrected chi connectivity index (χ0v) is 20.7. The minimum atomic E-state index is -1.24. The maximum atomic E-state index is 12.8. The molecule has 0 unspecified atom stereocenters. The maximum absolute atomic E-state index is 12.8. The number of carbonyl (C=O) groups excluding carboxylic acids is 2. The first-order valence-corrected chi connectivity index (χ1v) is 12.1. The quantitative estimate of drug-likeness (QED) is 0.362. The Labute approximate surface area is 202 Å². The number of carboxylic acids is 1.